The zero-order chi connectivity index (χ0) is 18.9. The van der Waals surface area contributed by atoms with E-state index in [-0.39, 0.29) is 17.4 Å². The van der Waals surface area contributed by atoms with E-state index < -0.39 is 10.5 Å². The van der Waals surface area contributed by atoms with Gasteiger partial charge < -0.3 is 10.1 Å². The molecule has 0 saturated heterocycles. The zero-order valence-corrected chi connectivity index (χ0v) is 15.9. The number of ether oxygens (including phenoxy) is 1. The van der Waals surface area contributed by atoms with Gasteiger partial charge in [-0.2, -0.15) is 4.98 Å². The summed E-state index contributed by atoms with van der Waals surface area (Å²) < 4.78 is 6.63. The number of pyridine rings is 1. The SMILES string of the molecule is CC(C)(C)Nc1ncnc(Oc2ccc(Br)c3cccnc23)c1[N+](=O)[O-]. The van der Waals surface area contributed by atoms with Crippen LogP contribution in [-0.2, 0) is 0 Å². The van der Waals surface area contributed by atoms with Crippen molar-refractivity contribution in [2.45, 2.75) is 26.3 Å². The van der Waals surface area contributed by atoms with Gasteiger partial charge in [0.15, 0.2) is 5.75 Å². The second kappa shape index (κ2) is 6.83. The third-order valence-electron chi connectivity index (χ3n) is 3.35. The van der Waals surface area contributed by atoms with E-state index in [1.54, 1.807) is 24.4 Å². The zero-order valence-electron chi connectivity index (χ0n) is 14.4. The molecule has 0 aliphatic rings. The van der Waals surface area contributed by atoms with Crippen molar-refractivity contribution in [2.75, 3.05) is 5.32 Å². The fourth-order valence-electron chi connectivity index (χ4n) is 2.35. The highest BCUT2D eigenvalue weighted by atomic mass is 79.9. The topological polar surface area (TPSA) is 103 Å². The van der Waals surface area contributed by atoms with Crippen LogP contribution in [0.3, 0.4) is 0 Å². The monoisotopic (exact) mass is 417 g/mol. The van der Waals surface area contributed by atoms with Crippen molar-refractivity contribution < 1.29 is 9.66 Å². The molecule has 1 aromatic carbocycles. The molecule has 9 heteroatoms. The smallest absolute Gasteiger partial charge is 0.373 e. The number of nitrogens with one attached hydrogen (secondary N) is 1. The Morgan fingerprint density at radius 1 is 1.19 bits per heavy atom. The number of nitrogens with zero attached hydrogens (tertiary/aromatic N) is 4. The standard InChI is InChI=1S/C17H16BrN5O3/c1-17(2,3)22-15-14(23(24)25)16(21-9-20-15)26-12-7-6-11(18)10-5-4-8-19-13(10)12/h4-9H,1-3H3,(H,20,21,22). The van der Waals surface area contributed by atoms with Crippen molar-refractivity contribution in [1.82, 2.24) is 15.0 Å². The average Bonchev–Trinajstić information content (AvgIpc) is 2.56. The minimum atomic E-state index is -0.558. The number of halogens is 1. The second-order valence-corrected chi connectivity index (χ2v) is 7.41. The van der Waals surface area contributed by atoms with Crippen molar-refractivity contribution in [3.8, 4) is 11.6 Å². The average molecular weight is 418 g/mol. The lowest BCUT2D eigenvalue weighted by Gasteiger charge is -2.21. The van der Waals surface area contributed by atoms with Gasteiger partial charge in [-0.25, -0.2) is 4.98 Å². The van der Waals surface area contributed by atoms with E-state index in [1.165, 1.54) is 6.33 Å². The van der Waals surface area contributed by atoms with Crippen LogP contribution in [0.15, 0.2) is 41.3 Å². The normalized spacial score (nSPS) is 11.4. The first-order valence-electron chi connectivity index (χ1n) is 7.75. The van der Waals surface area contributed by atoms with Crippen LogP contribution < -0.4 is 10.1 Å². The number of fused-ring (bicyclic) bond motifs is 1. The lowest BCUT2D eigenvalue weighted by Crippen LogP contribution is -2.27. The van der Waals surface area contributed by atoms with E-state index in [4.69, 9.17) is 4.74 Å². The fraction of sp³-hybridized carbons (Fsp3) is 0.235. The molecule has 8 nitrogen and oxygen atoms in total. The lowest BCUT2D eigenvalue weighted by molar-refractivity contribution is -0.385. The van der Waals surface area contributed by atoms with Gasteiger partial charge in [-0.15, -0.1) is 0 Å². The van der Waals surface area contributed by atoms with Crippen LogP contribution in [-0.4, -0.2) is 25.4 Å². The van der Waals surface area contributed by atoms with Gasteiger partial charge in [0.2, 0.25) is 5.82 Å². The van der Waals surface area contributed by atoms with Crippen LogP contribution in [0.1, 0.15) is 20.8 Å². The van der Waals surface area contributed by atoms with Crippen molar-refractivity contribution in [2.24, 2.45) is 0 Å². The quantitative estimate of drug-likeness (QED) is 0.484. The molecule has 0 aliphatic carbocycles. The first kappa shape index (κ1) is 18.0. The maximum atomic E-state index is 11.6. The molecule has 0 aliphatic heterocycles. The van der Waals surface area contributed by atoms with Crippen molar-refractivity contribution in [3.05, 3.63) is 51.4 Å². The maximum absolute atomic E-state index is 11.6. The van der Waals surface area contributed by atoms with E-state index in [0.29, 0.717) is 11.3 Å². The van der Waals surface area contributed by atoms with E-state index in [2.05, 4.69) is 36.2 Å². The molecule has 134 valence electrons. The van der Waals surface area contributed by atoms with Gasteiger partial charge in [0.25, 0.3) is 0 Å². The number of anilines is 1. The summed E-state index contributed by atoms with van der Waals surface area (Å²) in [4.78, 5) is 23.3. The molecule has 2 aromatic heterocycles. The number of rotatable bonds is 4. The van der Waals surface area contributed by atoms with Gasteiger partial charge in [0.05, 0.1) is 4.92 Å². The Kier molecular flexibility index (Phi) is 4.73. The molecule has 0 radical (unpaired) electrons. The third-order valence-corrected chi connectivity index (χ3v) is 4.04. The largest absolute Gasteiger partial charge is 0.431 e. The van der Waals surface area contributed by atoms with Gasteiger partial charge in [0, 0.05) is 21.6 Å². The Balaban J connectivity index is 2.10. The van der Waals surface area contributed by atoms with E-state index in [1.807, 2.05) is 26.8 Å². The minimum absolute atomic E-state index is 0.0990. The molecule has 0 unspecified atom stereocenters. The first-order valence-corrected chi connectivity index (χ1v) is 8.54. The molecule has 3 aromatic rings. The summed E-state index contributed by atoms with van der Waals surface area (Å²) in [6.45, 7) is 5.64. The number of aromatic nitrogens is 3. The minimum Gasteiger partial charge on any atom is -0.431 e. The highest BCUT2D eigenvalue weighted by Crippen LogP contribution is 2.38. The predicted octanol–water partition coefficient (Wildman–Crippen LogP) is 4.70. The van der Waals surface area contributed by atoms with Crippen LogP contribution in [0.5, 0.6) is 11.6 Å². The van der Waals surface area contributed by atoms with Crippen LogP contribution in [0.4, 0.5) is 11.5 Å². The molecule has 0 bridgehead atoms. The molecule has 0 fully saturated rings. The first-order chi connectivity index (χ1) is 12.3. The summed E-state index contributed by atoms with van der Waals surface area (Å²) in [6, 6.07) is 7.15. The maximum Gasteiger partial charge on any atom is 0.373 e. The molecular formula is C17H16BrN5O3. The van der Waals surface area contributed by atoms with Crippen molar-refractivity contribution in [1.29, 1.82) is 0 Å². The van der Waals surface area contributed by atoms with Gasteiger partial charge in [-0.3, -0.25) is 15.1 Å². The molecule has 3 rings (SSSR count). The van der Waals surface area contributed by atoms with Gasteiger partial charge in [0.1, 0.15) is 11.8 Å². The highest BCUT2D eigenvalue weighted by Gasteiger charge is 2.28. The summed E-state index contributed by atoms with van der Waals surface area (Å²) in [7, 11) is 0. The Morgan fingerprint density at radius 2 is 1.96 bits per heavy atom. The van der Waals surface area contributed by atoms with E-state index in [9.17, 15) is 10.1 Å². The fourth-order valence-corrected chi connectivity index (χ4v) is 2.80. The van der Waals surface area contributed by atoms with Gasteiger partial charge in [-0.1, -0.05) is 22.0 Å². The van der Waals surface area contributed by atoms with E-state index >= 15 is 0 Å². The molecular weight excluding hydrogens is 402 g/mol. The Morgan fingerprint density at radius 3 is 2.65 bits per heavy atom. The molecule has 0 atom stereocenters. The number of hydrogen-bond donors (Lipinski definition) is 1. The summed E-state index contributed by atoms with van der Waals surface area (Å²) in [5.74, 6) is 0.320. The Labute approximate surface area is 157 Å². The van der Waals surface area contributed by atoms with Crippen LogP contribution in [0.25, 0.3) is 10.9 Å². The van der Waals surface area contributed by atoms with Crippen LogP contribution in [0.2, 0.25) is 0 Å². The molecule has 1 N–H and O–H groups in total. The number of nitro groups is 1. The molecule has 26 heavy (non-hydrogen) atoms. The number of hydrogen-bond acceptors (Lipinski definition) is 7. The van der Waals surface area contributed by atoms with Crippen LogP contribution >= 0.6 is 15.9 Å². The molecule has 0 spiro atoms. The Hall–Kier alpha value is -2.81. The number of benzene rings is 1. The van der Waals surface area contributed by atoms with Crippen LogP contribution in [0, 0.1) is 10.1 Å². The summed E-state index contributed by atoms with van der Waals surface area (Å²) in [5, 5.41) is 15.5. The van der Waals surface area contributed by atoms with E-state index in [0.717, 1.165) is 9.86 Å². The van der Waals surface area contributed by atoms with Crippen molar-refractivity contribution in [3.63, 3.8) is 0 Å². The van der Waals surface area contributed by atoms with Crippen molar-refractivity contribution >= 4 is 38.3 Å². The molecule has 0 saturated carbocycles. The summed E-state index contributed by atoms with van der Waals surface area (Å²) >= 11 is 3.46. The van der Waals surface area contributed by atoms with Gasteiger partial charge >= 0.3 is 11.6 Å². The third kappa shape index (κ3) is 3.72. The summed E-state index contributed by atoms with van der Waals surface area (Å²) in [6.07, 6.45) is 2.85. The highest BCUT2D eigenvalue weighted by molar-refractivity contribution is 9.10. The summed E-state index contributed by atoms with van der Waals surface area (Å²) in [5.41, 5.74) is -0.169. The predicted molar refractivity (Wildman–Crippen MR) is 102 cm³/mol. The molecule has 0 amide bonds. The Bertz CT molecular complexity index is 988. The lowest BCUT2D eigenvalue weighted by atomic mass is 10.1. The molecule has 2 heterocycles. The van der Waals surface area contributed by atoms with Gasteiger partial charge in [-0.05, 0) is 39.0 Å². The second-order valence-electron chi connectivity index (χ2n) is 6.56.